The predicted molar refractivity (Wildman–Crippen MR) is 80.8 cm³/mol. The Morgan fingerprint density at radius 2 is 2.00 bits per heavy atom. The number of allylic oxidation sites excluding steroid dienone is 2. The molecule has 1 aromatic rings. The van der Waals surface area contributed by atoms with Crippen molar-refractivity contribution in [3.8, 4) is 0 Å². The van der Waals surface area contributed by atoms with Crippen LogP contribution >= 0.6 is 0 Å². The number of hydrogen-bond donors (Lipinski definition) is 1. The molecule has 2 atom stereocenters. The van der Waals surface area contributed by atoms with Gasteiger partial charge >= 0.3 is 5.97 Å². The molecule has 112 valence electrons. The summed E-state index contributed by atoms with van der Waals surface area (Å²) in [5.41, 5.74) is 0.924. The lowest BCUT2D eigenvalue weighted by molar-refractivity contribution is -0.150. The first-order valence-corrected chi connectivity index (χ1v) is 7.28. The van der Waals surface area contributed by atoms with Gasteiger partial charge in [0.05, 0.1) is 0 Å². The summed E-state index contributed by atoms with van der Waals surface area (Å²) in [6.07, 6.45) is 6.81. The molecule has 1 amide bonds. The predicted octanol–water partition coefficient (Wildman–Crippen LogP) is 2.50. The van der Waals surface area contributed by atoms with Gasteiger partial charge in [0, 0.05) is 19.4 Å². The van der Waals surface area contributed by atoms with Crippen molar-refractivity contribution >= 4 is 11.9 Å². The fourth-order valence-corrected chi connectivity index (χ4v) is 2.69. The molecule has 1 N–H and O–H groups in total. The summed E-state index contributed by atoms with van der Waals surface area (Å²) in [6.45, 7) is 0. The summed E-state index contributed by atoms with van der Waals surface area (Å²) in [5, 5.41) is 9.44. The zero-order valence-electron chi connectivity index (χ0n) is 12.2. The van der Waals surface area contributed by atoms with Crippen LogP contribution in [0.1, 0.15) is 24.8 Å². The van der Waals surface area contributed by atoms with Crippen LogP contribution in [-0.2, 0) is 16.0 Å². The van der Waals surface area contributed by atoms with Crippen molar-refractivity contribution in [1.29, 1.82) is 0 Å². The Morgan fingerprint density at radius 1 is 1.29 bits per heavy atom. The third-order valence-electron chi connectivity index (χ3n) is 3.99. The summed E-state index contributed by atoms with van der Waals surface area (Å²) in [7, 11) is 1.60. The highest BCUT2D eigenvalue weighted by Gasteiger charge is 2.31. The van der Waals surface area contributed by atoms with E-state index in [1.165, 1.54) is 4.90 Å². The van der Waals surface area contributed by atoms with Gasteiger partial charge in [0.15, 0.2) is 0 Å². The number of carbonyl (C=O) groups is 2. The lowest BCUT2D eigenvalue weighted by Gasteiger charge is -2.29. The van der Waals surface area contributed by atoms with Crippen molar-refractivity contribution in [3.05, 3.63) is 48.0 Å². The first-order valence-electron chi connectivity index (χ1n) is 7.28. The van der Waals surface area contributed by atoms with Crippen LogP contribution in [0.2, 0.25) is 0 Å². The Balaban J connectivity index is 2.08. The van der Waals surface area contributed by atoms with Gasteiger partial charge in [-0.2, -0.15) is 0 Å². The van der Waals surface area contributed by atoms with Crippen LogP contribution in [0.4, 0.5) is 0 Å². The van der Waals surface area contributed by atoms with Crippen LogP contribution in [0.15, 0.2) is 42.5 Å². The summed E-state index contributed by atoms with van der Waals surface area (Å²) in [4.78, 5) is 25.4. The van der Waals surface area contributed by atoms with E-state index in [0.29, 0.717) is 12.8 Å². The van der Waals surface area contributed by atoms with Gasteiger partial charge in [0.1, 0.15) is 6.04 Å². The number of carboxylic acids is 1. The van der Waals surface area contributed by atoms with E-state index in [-0.39, 0.29) is 11.8 Å². The fraction of sp³-hybridized carbons (Fsp3) is 0.412. The topological polar surface area (TPSA) is 57.6 Å². The second-order valence-electron chi connectivity index (χ2n) is 5.47. The molecular weight excluding hydrogens is 266 g/mol. The first kappa shape index (κ1) is 15.3. The monoisotopic (exact) mass is 287 g/mol. The Morgan fingerprint density at radius 3 is 2.57 bits per heavy atom. The van der Waals surface area contributed by atoms with E-state index in [1.807, 2.05) is 36.4 Å². The summed E-state index contributed by atoms with van der Waals surface area (Å²) in [6, 6.07) is 8.60. The van der Waals surface area contributed by atoms with Crippen LogP contribution in [-0.4, -0.2) is 35.0 Å². The lowest BCUT2D eigenvalue weighted by atomic mass is 9.92. The zero-order valence-corrected chi connectivity index (χ0v) is 12.2. The van der Waals surface area contributed by atoms with E-state index >= 15 is 0 Å². The molecule has 4 heteroatoms. The number of nitrogens with zero attached hydrogens (tertiary/aromatic N) is 1. The molecule has 1 aliphatic carbocycles. The van der Waals surface area contributed by atoms with Crippen molar-refractivity contribution in [1.82, 2.24) is 4.90 Å². The maximum Gasteiger partial charge on any atom is 0.326 e. The van der Waals surface area contributed by atoms with Gasteiger partial charge in [-0.25, -0.2) is 4.79 Å². The molecule has 0 aromatic heterocycles. The minimum absolute atomic E-state index is 0.0670. The standard InChI is InChI=1S/C17H21NO3/c1-18(16(19)14-10-6-3-7-11-14)15(17(20)21)12-13-8-4-2-5-9-13/h2-6,8-9,14-15H,7,10-12H2,1H3,(H,20,21). The molecule has 4 nitrogen and oxygen atoms in total. The zero-order chi connectivity index (χ0) is 15.2. The van der Waals surface area contributed by atoms with Crippen molar-refractivity contribution in [3.63, 3.8) is 0 Å². The molecule has 0 fully saturated rings. The highest BCUT2D eigenvalue weighted by molar-refractivity contribution is 5.85. The van der Waals surface area contributed by atoms with Crippen molar-refractivity contribution in [2.24, 2.45) is 5.92 Å². The molecule has 0 spiro atoms. The van der Waals surface area contributed by atoms with Gasteiger partial charge in [-0.3, -0.25) is 4.79 Å². The van der Waals surface area contributed by atoms with Crippen LogP contribution in [0.3, 0.4) is 0 Å². The summed E-state index contributed by atoms with van der Waals surface area (Å²) in [5.74, 6) is -1.11. The van der Waals surface area contributed by atoms with Crippen molar-refractivity contribution in [2.75, 3.05) is 7.05 Å². The van der Waals surface area contributed by atoms with Gasteiger partial charge in [-0.1, -0.05) is 42.5 Å². The maximum atomic E-state index is 12.5. The van der Waals surface area contributed by atoms with E-state index < -0.39 is 12.0 Å². The largest absolute Gasteiger partial charge is 0.480 e. The van der Waals surface area contributed by atoms with Gasteiger partial charge in [0.25, 0.3) is 0 Å². The molecule has 1 aromatic carbocycles. The molecule has 0 heterocycles. The van der Waals surface area contributed by atoms with Gasteiger partial charge < -0.3 is 10.0 Å². The molecule has 2 unspecified atom stereocenters. The molecule has 0 saturated carbocycles. The highest BCUT2D eigenvalue weighted by atomic mass is 16.4. The maximum absolute atomic E-state index is 12.5. The minimum atomic E-state index is -0.957. The van der Waals surface area contributed by atoms with Gasteiger partial charge in [0.2, 0.25) is 5.91 Å². The average Bonchev–Trinajstić information content (AvgIpc) is 2.53. The molecule has 21 heavy (non-hydrogen) atoms. The lowest BCUT2D eigenvalue weighted by Crippen LogP contribution is -2.46. The number of amides is 1. The quantitative estimate of drug-likeness (QED) is 0.847. The van der Waals surface area contributed by atoms with E-state index in [2.05, 4.69) is 6.08 Å². The Bertz CT molecular complexity index is 524. The fourth-order valence-electron chi connectivity index (χ4n) is 2.69. The average molecular weight is 287 g/mol. The SMILES string of the molecule is CN(C(=O)C1CC=CCC1)C(Cc1ccccc1)C(=O)O. The Labute approximate surface area is 125 Å². The summed E-state index contributed by atoms with van der Waals surface area (Å²) >= 11 is 0. The van der Waals surface area contributed by atoms with E-state index in [0.717, 1.165) is 18.4 Å². The third kappa shape index (κ3) is 3.94. The van der Waals surface area contributed by atoms with Crippen LogP contribution < -0.4 is 0 Å². The minimum Gasteiger partial charge on any atom is -0.480 e. The third-order valence-corrected chi connectivity index (χ3v) is 3.99. The highest BCUT2D eigenvalue weighted by Crippen LogP contribution is 2.21. The van der Waals surface area contributed by atoms with E-state index in [9.17, 15) is 14.7 Å². The number of aliphatic carboxylic acids is 1. The number of carbonyl (C=O) groups excluding carboxylic acids is 1. The van der Waals surface area contributed by atoms with E-state index in [4.69, 9.17) is 0 Å². The first-order chi connectivity index (χ1) is 10.1. The molecule has 0 bridgehead atoms. The number of benzene rings is 1. The molecule has 2 rings (SSSR count). The van der Waals surface area contributed by atoms with Crippen LogP contribution in [0, 0.1) is 5.92 Å². The van der Waals surface area contributed by atoms with Crippen LogP contribution in [0.25, 0.3) is 0 Å². The molecular formula is C17H21NO3. The number of hydrogen-bond acceptors (Lipinski definition) is 2. The second kappa shape index (κ2) is 7.07. The smallest absolute Gasteiger partial charge is 0.326 e. The summed E-state index contributed by atoms with van der Waals surface area (Å²) < 4.78 is 0. The number of rotatable bonds is 5. The number of likely N-dealkylation sites (N-methyl/N-ethyl adjacent to an activating group) is 1. The molecule has 0 radical (unpaired) electrons. The van der Waals surface area contributed by atoms with Gasteiger partial charge in [-0.05, 0) is 24.8 Å². The number of carboxylic acid groups (broad SMARTS) is 1. The Hall–Kier alpha value is -2.10. The second-order valence-corrected chi connectivity index (χ2v) is 5.47. The normalized spacial score (nSPS) is 19.0. The molecule has 0 aliphatic heterocycles. The van der Waals surface area contributed by atoms with Crippen molar-refractivity contribution in [2.45, 2.75) is 31.7 Å². The van der Waals surface area contributed by atoms with E-state index in [1.54, 1.807) is 7.05 Å². The van der Waals surface area contributed by atoms with Crippen molar-refractivity contribution < 1.29 is 14.7 Å². The Kier molecular flexibility index (Phi) is 5.14. The molecule has 1 aliphatic rings. The van der Waals surface area contributed by atoms with Gasteiger partial charge in [-0.15, -0.1) is 0 Å². The van der Waals surface area contributed by atoms with Crippen LogP contribution in [0.5, 0.6) is 0 Å². The molecule has 0 saturated heterocycles.